The van der Waals surface area contributed by atoms with Gasteiger partial charge in [0.2, 0.25) is 5.91 Å². The van der Waals surface area contributed by atoms with Crippen molar-refractivity contribution in [3.8, 4) is 35.2 Å². The number of nitriles is 1. The number of amides is 1. The molecule has 11 nitrogen and oxygen atoms in total. The lowest BCUT2D eigenvalue weighted by molar-refractivity contribution is -0.114. The van der Waals surface area contributed by atoms with Gasteiger partial charge in [0, 0.05) is 29.6 Å². The predicted octanol–water partition coefficient (Wildman–Crippen LogP) is 2.86. The van der Waals surface area contributed by atoms with Crippen molar-refractivity contribution >= 4 is 28.8 Å². The largest absolute Gasteiger partial charge is 0.494 e. The molecule has 1 aliphatic rings. The Morgan fingerprint density at radius 3 is 2.47 bits per heavy atom. The number of rotatable bonds is 6. The molecule has 6 N–H and O–H groups in total. The van der Waals surface area contributed by atoms with E-state index in [0.29, 0.717) is 40.9 Å². The first kappa shape index (κ1) is 20.5. The van der Waals surface area contributed by atoms with Crippen LogP contribution in [0.1, 0.15) is 12.5 Å². The van der Waals surface area contributed by atoms with Crippen LogP contribution < -0.4 is 36.3 Å². The molecule has 11 heteroatoms. The lowest BCUT2D eigenvalue weighted by atomic mass is 10.2. The second-order valence-corrected chi connectivity index (χ2v) is 6.71. The first-order chi connectivity index (χ1) is 15.4. The van der Waals surface area contributed by atoms with Crippen molar-refractivity contribution in [3.63, 3.8) is 0 Å². The highest BCUT2D eigenvalue weighted by Gasteiger charge is 2.24. The molecule has 0 unspecified atom stereocenters. The van der Waals surface area contributed by atoms with E-state index < -0.39 is 0 Å². The summed E-state index contributed by atoms with van der Waals surface area (Å²) in [6, 6.07) is 11.4. The number of nitrogen functional groups attached to an aromatic ring is 2. The van der Waals surface area contributed by atoms with E-state index in [-0.39, 0.29) is 35.8 Å². The van der Waals surface area contributed by atoms with Gasteiger partial charge in [-0.15, -0.1) is 0 Å². The fourth-order valence-electron chi connectivity index (χ4n) is 3.00. The Morgan fingerprint density at radius 1 is 1.03 bits per heavy atom. The maximum atomic E-state index is 11.9. The SMILES string of the molecule is CCOc1cc(C#N)cc(Oc2nc(Oc3cc(N)cc(N)c3)nc3c2NC(=O)CN3)c1. The third-order valence-electron chi connectivity index (χ3n) is 4.23. The Kier molecular flexibility index (Phi) is 5.50. The fraction of sp³-hybridized carbons (Fsp3) is 0.143. The lowest BCUT2D eigenvalue weighted by Crippen LogP contribution is -2.28. The molecule has 0 fully saturated rings. The maximum absolute atomic E-state index is 11.9. The zero-order valence-electron chi connectivity index (χ0n) is 17.0. The molecular formula is C21H19N7O4. The molecule has 3 aromatic rings. The van der Waals surface area contributed by atoms with Crippen LogP contribution in [-0.4, -0.2) is 29.0 Å². The molecule has 32 heavy (non-hydrogen) atoms. The minimum absolute atomic E-state index is 0.0139. The zero-order valence-corrected chi connectivity index (χ0v) is 17.0. The van der Waals surface area contributed by atoms with Gasteiger partial charge in [0.05, 0.1) is 24.8 Å². The zero-order chi connectivity index (χ0) is 22.7. The number of hydrogen-bond donors (Lipinski definition) is 4. The summed E-state index contributed by atoms with van der Waals surface area (Å²) in [7, 11) is 0. The Balaban J connectivity index is 1.73. The summed E-state index contributed by atoms with van der Waals surface area (Å²) in [6.07, 6.45) is 0. The monoisotopic (exact) mass is 433 g/mol. The number of anilines is 4. The van der Waals surface area contributed by atoms with Crippen LogP contribution in [0.15, 0.2) is 36.4 Å². The van der Waals surface area contributed by atoms with Crippen molar-refractivity contribution in [1.29, 1.82) is 5.26 Å². The van der Waals surface area contributed by atoms with Crippen LogP contribution in [-0.2, 0) is 4.79 Å². The highest BCUT2D eigenvalue weighted by Crippen LogP contribution is 2.38. The van der Waals surface area contributed by atoms with Gasteiger partial charge in [0.1, 0.15) is 22.9 Å². The number of aromatic nitrogens is 2. The molecule has 162 valence electrons. The molecule has 0 saturated carbocycles. The summed E-state index contributed by atoms with van der Waals surface area (Å²) in [4.78, 5) is 20.5. The molecule has 1 amide bonds. The van der Waals surface area contributed by atoms with Crippen molar-refractivity contribution in [3.05, 3.63) is 42.0 Å². The number of nitrogens with zero attached hydrogens (tertiary/aromatic N) is 3. The highest BCUT2D eigenvalue weighted by molar-refractivity contribution is 6.01. The molecule has 0 saturated heterocycles. The van der Waals surface area contributed by atoms with E-state index >= 15 is 0 Å². The Morgan fingerprint density at radius 2 is 1.75 bits per heavy atom. The van der Waals surface area contributed by atoms with E-state index in [0.717, 1.165) is 0 Å². The van der Waals surface area contributed by atoms with E-state index in [1.165, 1.54) is 6.07 Å². The minimum atomic E-state index is -0.288. The first-order valence-corrected chi connectivity index (χ1v) is 9.59. The summed E-state index contributed by atoms with van der Waals surface area (Å²) < 4.78 is 17.1. The van der Waals surface area contributed by atoms with Gasteiger partial charge < -0.3 is 36.3 Å². The number of fused-ring (bicyclic) bond motifs is 1. The fourth-order valence-corrected chi connectivity index (χ4v) is 3.00. The molecule has 2 heterocycles. The molecule has 1 aliphatic heterocycles. The van der Waals surface area contributed by atoms with Gasteiger partial charge in [-0.3, -0.25) is 4.79 Å². The average Bonchev–Trinajstić information content (AvgIpc) is 2.73. The normalized spacial score (nSPS) is 12.1. The molecule has 0 atom stereocenters. The summed E-state index contributed by atoms with van der Waals surface area (Å²) in [6.45, 7) is 2.26. The van der Waals surface area contributed by atoms with Crippen LogP contribution in [0.5, 0.6) is 29.1 Å². The van der Waals surface area contributed by atoms with Gasteiger partial charge in [-0.05, 0) is 25.1 Å². The van der Waals surface area contributed by atoms with Crippen LogP contribution in [0.3, 0.4) is 0 Å². The lowest BCUT2D eigenvalue weighted by Gasteiger charge is -2.20. The van der Waals surface area contributed by atoms with Crippen molar-refractivity contribution in [2.45, 2.75) is 6.92 Å². The molecule has 0 radical (unpaired) electrons. The number of carbonyl (C=O) groups excluding carboxylic acids is 1. The van der Waals surface area contributed by atoms with Crippen LogP contribution in [0.2, 0.25) is 0 Å². The van der Waals surface area contributed by atoms with Crippen LogP contribution in [0.25, 0.3) is 0 Å². The second kappa shape index (κ2) is 8.57. The van der Waals surface area contributed by atoms with Crippen LogP contribution >= 0.6 is 0 Å². The molecule has 4 rings (SSSR count). The summed E-state index contributed by atoms with van der Waals surface area (Å²) in [5.74, 6) is 1.11. The second-order valence-electron chi connectivity index (χ2n) is 6.71. The summed E-state index contributed by atoms with van der Waals surface area (Å²) in [5.41, 5.74) is 13.0. The van der Waals surface area contributed by atoms with Crippen LogP contribution in [0.4, 0.5) is 22.9 Å². The molecule has 0 bridgehead atoms. The van der Waals surface area contributed by atoms with Gasteiger partial charge in [0.25, 0.3) is 5.88 Å². The van der Waals surface area contributed by atoms with Crippen molar-refractivity contribution in [2.75, 3.05) is 35.3 Å². The van der Waals surface area contributed by atoms with Gasteiger partial charge >= 0.3 is 6.01 Å². The predicted molar refractivity (Wildman–Crippen MR) is 117 cm³/mol. The van der Waals surface area contributed by atoms with Gasteiger partial charge in [-0.25, -0.2) is 0 Å². The Hall–Kier alpha value is -4.72. The van der Waals surface area contributed by atoms with Crippen molar-refractivity contribution in [1.82, 2.24) is 9.97 Å². The number of benzene rings is 2. The van der Waals surface area contributed by atoms with E-state index in [1.807, 2.05) is 6.92 Å². The van der Waals surface area contributed by atoms with Crippen LogP contribution in [0, 0.1) is 11.3 Å². The molecule has 2 aromatic carbocycles. The van der Waals surface area contributed by atoms with Crippen molar-refractivity contribution < 1.29 is 19.0 Å². The average molecular weight is 433 g/mol. The maximum Gasteiger partial charge on any atom is 0.327 e. The third-order valence-corrected chi connectivity index (χ3v) is 4.23. The summed E-state index contributed by atoms with van der Waals surface area (Å²) >= 11 is 0. The minimum Gasteiger partial charge on any atom is -0.494 e. The standard InChI is InChI=1S/C21H19N7O4/c1-2-30-14-3-11(9-22)4-15(8-14)31-20-18-19(25-10-17(29)26-18)27-21(28-20)32-16-6-12(23)5-13(24)7-16/h3-8H,2,10,23-24H2,1H3,(H,26,29)(H,25,27,28). The van der Waals surface area contributed by atoms with E-state index in [1.54, 1.807) is 30.3 Å². The third kappa shape index (κ3) is 4.54. The van der Waals surface area contributed by atoms with E-state index in [9.17, 15) is 10.1 Å². The highest BCUT2D eigenvalue weighted by atomic mass is 16.5. The topological polar surface area (TPSA) is 170 Å². The van der Waals surface area contributed by atoms with Gasteiger partial charge in [-0.1, -0.05) is 0 Å². The van der Waals surface area contributed by atoms with Gasteiger partial charge in [-0.2, -0.15) is 15.2 Å². The smallest absolute Gasteiger partial charge is 0.327 e. The van der Waals surface area contributed by atoms with E-state index in [2.05, 4.69) is 26.7 Å². The van der Waals surface area contributed by atoms with Gasteiger partial charge in [0.15, 0.2) is 5.82 Å². The number of ether oxygens (including phenoxy) is 3. The number of nitrogens with one attached hydrogen (secondary N) is 2. The molecule has 0 spiro atoms. The molecule has 0 aliphatic carbocycles. The first-order valence-electron chi connectivity index (χ1n) is 9.59. The molecule has 1 aromatic heterocycles. The number of carbonyl (C=O) groups is 1. The summed E-state index contributed by atoms with van der Waals surface area (Å²) in [5, 5.41) is 14.9. The Bertz CT molecular complexity index is 1220. The van der Waals surface area contributed by atoms with Crippen molar-refractivity contribution in [2.24, 2.45) is 0 Å². The Labute approximate surface area is 182 Å². The number of hydrogen-bond acceptors (Lipinski definition) is 10. The quantitative estimate of drug-likeness (QED) is 0.424. The number of nitrogens with two attached hydrogens (primary N) is 2. The van der Waals surface area contributed by atoms with E-state index in [4.69, 9.17) is 25.7 Å². The molecular weight excluding hydrogens is 414 g/mol.